The van der Waals surface area contributed by atoms with Crippen molar-refractivity contribution in [3.8, 4) is 0 Å². The average molecular weight is 463 g/mol. The van der Waals surface area contributed by atoms with Gasteiger partial charge in [0.15, 0.2) is 14.9 Å². The number of sulfone groups is 1. The third-order valence-electron chi connectivity index (χ3n) is 5.17. The van der Waals surface area contributed by atoms with Gasteiger partial charge in [-0.1, -0.05) is 12.1 Å². The smallest absolute Gasteiger partial charge is 0.270 e. The molecular weight excluding hydrogens is 438 g/mol. The standard InChI is InChI=1S/C19H24F2N2O5S2/c1-18(29(25)14-5-3-4-13(10-14)19(2,20)21)6-8-28-16(12-18)15-11-17(23-22-15)30(26,27)9-7-24/h3-5,10-11,16,24H,6-9,12H2,1-2H3,(H,22,23). The number of hydrogen-bond donors (Lipinski definition) is 2. The molecule has 0 amide bonds. The summed E-state index contributed by atoms with van der Waals surface area (Å²) in [5, 5.41) is 15.2. The van der Waals surface area contributed by atoms with Gasteiger partial charge in [0.2, 0.25) is 0 Å². The number of aliphatic hydroxyl groups excluding tert-OH is 1. The molecule has 0 aliphatic carbocycles. The van der Waals surface area contributed by atoms with Crippen molar-refractivity contribution in [2.75, 3.05) is 19.0 Å². The fraction of sp³-hybridized carbons (Fsp3) is 0.526. The highest BCUT2D eigenvalue weighted by molar-refractivity contribution is 7.91. The Morgan fingerprint density at radius 3 is 2.80 bits per heavy atom. The first-order chi connectivity index (χ1) is 14.0. The lowest BCUT2D eigenvalue weighted by molar-refractivity contribution is -0.00133. The van der Waals surface area contributed by atoms with Crippen molar-refractivity contribution in [3.05, 3.63) is 41.6 Å². The first-order valence-electron chi connectivity index (χ1n) is 9.37. The number of rotatable bonds is 7. The van der Waals surface area contributed by atoms with E-state index in [4.69, 9.17) is 9.84 Å². The highest BCUT2D eigenvalue weighted by Gasteiger charge is 2.40. The lowest BCUT2D eigenvalue weighted by atomic mass is 9.95. The molecule has 7 nitrogen and oxygen atoms in total. The molecule has 1 aliphatic rings. The van der Waals surface area contributed by atoms with E-state index in [2.05, 4.69) is 10.2 Å². The van der Waals surface area contributed by atoms with Crippen LogP contribution in [0.3, 0.4) is 0 Å². The normalized spacial score (nSPS) is 24.0. The summed E-state index contributed by atoms with van der Waals surface area (Å²) in [4.78, 5) is 0.313. The van der Waals surface area contributed by atoms with Crippen molar-refractivity contribution in [1.82, 2.24) is 10.2 Å². The lowest BCUT2D eigenvalue weighted by Crippen LogP contribution is -2.39. The molecule has 1 saturated heterocycles. The van der Waals surface area contributed by atoms with Crippen molar-refractivity contribution in [2.45, 2.75) is 53.4 Å². The van der Waals surface area contributed by atoms with Crippen LogP contribution < -0.4 is 0 Å². The van der Waals surface area contributed by atoms with E-state index in [9.17, 15) is 21.4 Å². The Labute approximate surface area is 176 Å². The van der Waals surface area contributed by atoms with Crippen LogP contribution in [0.4, 0.5) is 8.78 Å². The Kier molecular flexibility index (Phi) is 6.47. The molecule has 30 heavy (non-hydrogen) atoms. The maximum absolute atomic E-state index is 13.7. The molecule has 3 atom stereocenters. The van der Waals surface area contributed by atoms with Gasteiger partial charge in [-0.25, -0.2) is 17.2 Å². The monoisotopic (exact) mass is 462 g/mol. The molecule has 166 valence electrons. The summed E-state index contributed by atoms with van der Waals surface area (Å²) in [6.07, 6.45) is 0.162. The number of benzene rings is 1. The summed E-state index contributed by atoms with van der Waals surface area (Å²) < 4.78 is 69.8. The summed E-state index contributed by atoms with van der Waals surface area (Å²) in [6, 6.07) is 6.95. The quantitative estimate of drug-likeness (QED) is 0.655. The largest absolute Gasteiger partial charge is 0.395 e. The van der Waals surface area contributed by atoms with Gasteiger partial charge in [-0.05, 0) is 31.9 Å². The molecule has 1 aliphatic heterocycles. The van der Waals surface area contributed by atoms with Crippen LogP contribution in [0.2, 0.25) is 0 Å². The average Bonchev–Trinajstić information content (AvgIpc) is 3.18. The Bertz CT molecular complexity index is 1040. The van der Waals surface area contributed by atoms with Crippen molar-refractivity contribution < 1.29 is 31.3 Å². The van der Waals surface area contributed by atoms with E-state index in [-0.39, 0.29) is 23.6 Å². The maximum Gasteiger partial charge on any atom is 0.270 e. The van der Waals surface area contributed by atoms with E-state index in [1.165, 1.54) is 24.3 Å². The minimum Gasteiger partial charge on any atom is -0.395 e. The highest BCUT2D eigenvalue weighted by Crippen LogP contribution is 2.40. The molecule has 0 bridgehead atoms. The van der Waals surface area contributed by atoms with Crippen LogP contribution in [0.25, 0.3) is 0 Å². The number of H-pyrrole nitrogens is 1. The van der Waals surface area contributed by atoms with Crippen molar-refractivity contribution >= 4 is 20.6 Å². The Hall–Kier alpha value is -1.69. The number of hydrogen-bond acceptors (Lipinski definition) is 6. The van der Waals surface area contributed by atoms with Gasteiger partial charge in [-0.15, -0.1) is 0 Å². The molecule has 1 aromatic carbocycles. The second-order valence-electron chi connectivity index (χ2n) is 7.65. The van der Waals surface area contributed by atoms with E-state index in [1.807, 2.05) is 0 Å². The molecule has 1 aromatic heterocycles. The number of ether oxygens (including phenoxy) is 1. The van der Waals surface area contributed by atoms with Gasteiger partial charge in [-0.3, -0.25) is 9.31 Å². The van der Waals surface area contributed by atoms with Gasteiger partial charge in [0.05, 0.1) is 33.6 Å². The summed E-state index contributed by atoms with van der Waals surface area (Å²) >= 11 is 0. The third kappa shape index (κ3) is 4.79. The van der Waals surface area contributed by atoms with Crippen LogP contribution in [0.15, 0.2) is 40.3 Å². The number of aromatic nitrogens is 2. The van der Waals surface area contributed by atoms with Crippen molar-refractivity contribution in [2.24, 2.45) is 0 Å². The first kappa shape index (κ1) is 23.0. The molecule has 0 spiro atoms. The summed E-state index contributed by atoms with van der Waals surface area (Å²) in [7, 11) is -5.30. The second kappa shape index (κ2) is 8.45. The van der Waals surface area contributed by atoms with Gasteiger partial charge in [-0.2, -0.15) is 5.10 Å². The van der Waals surface area contributed by atoms with Crippen LogP contribution >= 0.6 is 0 Å². The summed E-state index contributed by atoms with van der Waals surface area (Å²) in [6.45, 7) is 2.35. The van der Waals surface area contributed by atoms with Gasteiger partial charge in [0, 0.05) is 30.1 Å². The summed E-state index contributed by atoms with van der Waals surface area (Å²) in [5.74, 6) is -3.48. The van der Waals surface area contributed by atoms with E-state index < -0.39 is 49.8 Å². The molecule has 2 aromatic rings. The molecular formula is C19H24F2N2O5S2. The van der Waals surface area contributed by atoms with E-state index >= 15 is 0 Å². The van der Waals surface area contributed by atoms with Crippen LogP contribution in [-0.4, -0.2) is 51.6 Å². The van der Waals surface area contributed by atoms with Crippen LogP contribution in [0.5, 0.6) is 0 Å². The number of nitrogens with zero attached hydrogens (tertiary/aromatic N) is 1. The second-order valence-corrected chi connectivity index (χ2v) is 11.7. The van der Waals surface area contributed by atoms with Crippen molar-refractivity contribution in [1.29, 1.82) is 0 Å². The fourth-order valence-corrected chi connectivity index (χ4v) is 5.89. The lowest BCUT2D eigenvalue weighted by Gasteiger charge is -2.37. The Balaban J connectivity index is 1.83. The van der Waals surface area contributed by atoms with Gasteiger partial charge in [0.1, 0.15) is 6.10 Å². The van der Waals surface area contributed by atoms with Crippen molar-refractivity contribution in [3.63, 3.8) is 0 Å². The minimum atomic E-state index is -3.71. The zero-order chi connectivity index (χ0) is 22.2. The van der Waals surface area contributed by atoms with Gasteiger partial charge < -0.3 is 9.84 Å². The number of alkyl halides is 2. The zero-order valence-electron chi connectivity index (χ0n) is 16.6. The van der Waals surface area contributed by atoms with E-state index in [1.54, 1.807) is 13.0 Å². The zero-order valence-corrected chi connectivity index (χ0v) is 18.2. The van der Waals surface area contributed by atoms with Gasteiger partial charge in [0.25, 0.3) is 5.92 Å². The number of nitrogens with one attached hydrogen (secondary N) is 1. The SMILES string of the molecule is CC(F)(F)c1cccc(S(=O)C2(C)CCOC(c3cc(S(=O)(=O)CCO)n[nH]3)C2)c1. The first-order valence-corrected chi connectivity index (χ1v) is 12.2. The molecule has 3 unspecified atom stereocenters. The molecule has 2 N–H and O–H groups in total. The third-order valence-corrected chi connectivity index (χ3v) is 8.68. The van der Waals surface area contributed by atoms with Gasteiger partial charge >= 0.3 is 0 Å². The molecule has 3 rings (SSSR count). The predicted octanol–water partition coefficient (Wildman–Crippen LogP) is 2.71. The van der Waals surface area contributed by atoms with E-state index in [0.29, 0.717) is 17.0 Å². The van der Waals surface area contributed by atoms with E-state index in [0.717, 1.165) is 6.92 Å². The Morgan fingerprint density at radius 2 is 2.13 bits per heavy atom. The molecule has 0 saturated carbocycles. The molecule has 1 fully saturated rings. The topological polar surface area (TPSA) is 109 Å². The minimum absolute atomic E-state index is 0.193. The maximum atomic E-state index is 13.7. The number of aromatic amines is 1. The number of aliphatic hydroxyl groups is 1. The van der Waals surface area contributed by atoms with Crippen LogP contribution in [0.1, 0.15) is 44.1 Å². The fourth-order valence-electron chi connectivity index (χ4n) is 3.37. The predicted molar refractivity (Wildman–Crippen MR) is 106 cm³/mol. The Morgan fingerprint density at radius 1 is 1.40 bits per heavy atom. The number of halogens is 2. The molecule has 0 radical (unpaired) electrons. The molecule has 11 heteroatoms. The summed E-state index contributed by atoms with van der Waals surface area (Å²) in [5.41, 5.74) is 0.219. The van der Waals surface area contributed by atoms with Crippen LogP contribution in [0, 0.1) is 0 Å². The highest BCUT2D eigenvalue weighted by atomic mass is 32.2. The van der Waals surface area contributed by atoms with Crippen LogP contribution in [-0.2, 0) is 31.3 Å². The molecule has 2 heterocycles.